The summed E-state index contributed by atoms with van der Waals surface area (Å²) >= 11 is 5.91. The average Bonchev–Trinajstić information content (AvgIpc) is 2.79. The summed E-state index contributed by atoms with van der Waals surface area (Å²) in [5.41, 5.74) is 0.965. The van der Waals surface area contributed by atoms with Gasteiger partial charge in [0.1, 0.15) is 0 Å². The van der Waals surface area contributed by atoms with Crippen molar-refractivity contribution in [1.82, 2.24) is 9.80 Å². The lowest BCUT2D eigenvalue weighted by atomic mass is 10.0. The number of hydrogen-bond acceptors (Lipinski definition) is 3. The largest absolute Gasteiger partial charge is 0.481 e. The molecule has 6 heteroatoms. The number of carboxylic acids is 1. The minimum atomic E-state index is -0.912. The van der Waals surface area contributed by atoms with E-state index in [9.17, 15) is 9.59 Å². The third-order valence-electron chi connectivity index (χ3n) is 3.68. The zero-order valence-corrected chi connectivity index (χ0v) is 12.9. The second kappa shape index (κ2) is 6.45. The van der Waals surface area contributed by atoms with Crippen LogP contribution in [-0.2, 0) is 9.59 Å². The molecule has 1 aromatic carbocycles. The van der Waals surface area contributed by atoms with Crippen LogP contribution in [0.1, 0.15) is 18.0 Å². The second-order valence-corrected chi connectivity index (χ2v) is 6.05. The molecule has 0 saturated carbocycles. The van der Waals surface area contributed by atoms with E-state index in [1.54, 1.807) is 17.0 Å². The summed E-state index contributed by atoms with van der Waals surface area (Å²) in [5.74, 6) is -1.63. The quantitative estimate of drug-likeness (QED) is 0.902. The van der Waals surface area contributed by atoms with Crippen molar-refractivity contribution in [3.8, 4) is 0 Å². The molecule has 114 valence electrons. The van der Waals surface area contributed by atoms with Gasteiger partial charge in [-0.05, 0) is 31.8 Å². The number of aliphatic carboxylic acids is 1. The van der Waals surface area contributed by atoms with Gasteiger partial charge < -0.3 is 14.9 Å². The van der Waals surface area contributed by atoms with Gasteiger partial charge in [0.15, 0.2) is 0 Å². The first-order valence-corrected chi connectivity index (χ1v) is 7.18. The topological polar surface area (TPSA) is 60.9 Å². The molecule has 1 aliphatic rings. The molecule has 1 N–H and O–H groups in total. The maximum atomic E-state index is 12.2. The molecule has 5 nitrogen and oxygen atoms in total. The molecule has 0 bridgehead atoms. The van der Waals surface area contributed by atoms with E-state index in [1.807, 2.05) is 31.1 Å². The number of likely N-dealkylation sites (N-methyl/N-ethyl adjacent to an activating group) is 1. The Balaban J connectivity index is 2.26. The van der Waals surface area contributed by atoms with Gasteiger partial charge in [0.2, 0.25) is 5.91 Å². The Morgan fingerprint density at radius 2 is 2.05 bits per heavy atom. The normalized spacial score (nSPS) is 20.1. The smallest absolute Gasteiger partial charge is 0.308 e. The summed E-state index contributed by atoms with van der Waals surface area (Å²) in [4.78, 5) is 26.9. The molecule has 1 aliphatic heterocycles. The Bertz CT molecular complexity index is 530. The van der Waals surface area contributed by atoms with Gasteiger partial charge in [-0.15, -0.1) is 0 Å². The maximum absolute atomic E-state index is 12.2. The Hall–Kier alpha value is -1.59. The van der Waals surface area contributed by atoms with Crippen LogP contribution >= 0.6 is 11.6 Å². The van der Waals surface area contributed by atoms with Crippen molar-refractivity contribution < 1.29 is 14.7 Å². The predicted molar refractivity (Wildman–Crippen MR) is 80.2 cm³/mol. The van der Waals surface area contributed by atoms with E-state index >= 15 is 0 Å². The lowest BCUT2D eigenvalue weighted by Crippen LogP contribution is -2.37. The fourth-order valence-corrected chi connectivity index (χ4v) is 2.74. The molecule has 2 unspecified atom stereocenters. The first-order chi connectivity index (χ1) is 9.88. The molecule has 21 heavy (non-hydrogen) atoms. The highest BCUT2D eigenvalue weighted by atomic mass is 35.5. The number of amides is 1. The fraction of sp³-hybridized carbons (Fsp3) is 0.467. The Morgan fingerprint density at radius 3 is 2.52 bits per heavy atom. The van der Waals surface area contributed by atoms with Crippen LogP contribution in [0.25, 0.3) is 0 Å². The first-order valence-electron chi connectivity index (χ1n) is 6.81. The molecule has 0 aliphatic carbocycles. The summed E-state index contributed by atoms with van der Waals surface area (Å²) in [6.07, 6.45) is 0.0762. The molecule has 1 saturated heterocycles. The minimum absolute atomic E-state index is 0.0762. The van der Waals surface area contributed by atoms with Crippen molar-refractivity contribution in [1.29, 1.82) is 0 Å². The number of carbonyl (C=O) groups is 2. The number of halogens is 1. The molecule has 0 spiro atoms. The van der Waals surface area contributed by atoms with E-state index in [4.69, 9.17) is 16.7 Å². The van der Waals surface area contributed by atoms with Gasteiger partial charge in [0.05, 0.1) is 12.0 Å². The average molecular weight is 311 g/mol. The van der Waals surface area contributed by atoms with Crippen LogP contribution < -0.4 is 0 Å². The summed E-state index contributed by atoms with van der Waals surface area (Å²) < 4.78 is 0. The molecule has 2 rings (SSSR count). The predicted octanol–water partition coefficient (Wildman–Crippen LogP) is 1.88. The molecular formula is C15H19ClN2O3. The summed E-state index contributed by atoms with van der Waals surface area (Å²) in [7, 11) is 3.86. The summed E-state index contributed by atoms with van der Waals surface area (Å²) in [6, 6.07) is 7.19. The van der Waals surface area contributed by atoms with E-state index in [0.29, 0.717) is 11.6 Å². The number of benzene rings is 1. The molecule has 1 heterocycles. The Labute approximate surface area is 129 Å². The molecule has 2 atom stereocenters. The van der Waals surface area contributed by atoms with E-state index in [2.05, 4.69) is 0 Å². The van der Waals surface area contributed by atoms with Gasteiger partial charge in [0, 0.05) is 24.5 Å². The highest BCUT2D eigenvalue weighted by Crippen LogP contribution is 2.30. The number of carboxylic acid groups (broad SMARTS) is 1. The Morgan fingerprint density at radius 1 is 1.43 bits per heavy atom. The standard InChI is InChI=1S/C15H19ClN2O3/c1-17(2)9-13(10-3-5-12(16)6-4-10)18-8-11(15(20)21)7-14(18)19/h3-6,11,13H,7-9H2,1-2H3,(H,20,21). The van der Waals surface area contributed by atoms with Crippen LogP contribution in [0.2, 0.25) is 5.02 Å². The van der Waals surface area contributed by atoms with Crippen molar-refractivity contribution in [3.05, 3.63) is 34.9 Å². The summed E-state index contributed by atoms with van der Waals surface area (Å²) in [5, 5.41) is 9.75. The molecule has 0 aromatic heterocycles. The summed E-state index contributed by atoms with van der Waals surface area (Å²) in [6.45, 7) is 0.898. The van der Waals surface area contributed by atoms with Crippen molar-refractivity contribution in [2.24, 2.45) is 5.92 Å². The molecule has 0 radical (unpaired) electrons. The highest BCUT2D eigenvalue weighted by molar-refractivity contribution is 6.30. The number of rotatable bonds is 5. The van der Waals surface area contributed by atoms with E-state index in [-0.39, 0.29) is 24.9 Å². The monoisotopic (exact) mass is 310 g/mol. The van der Waals surface area contributed by atoms with Crippen molar-refractivity contribution in [3.63, 3.8) is 0 Å². The molecular weight excluding hydrogens is 292 g/mol. The van der Waals surface area contributed by atoms with Crippen LogP contribution in [0, 0.1) is 5.92 Å². The highest BCUT2D eigenvalue weighted by Gasteiger charge is 2.38. The van der Waals surface area contributed by atoms with Crippen LogP contribution in [-0.4, -0.2) is 54.0 Å². The SMILES string of the molecule is CN(C)CC(c1ccc(Cl)cc1)N1CC(C(=O)O)CC1=O. The number of nitrogens with zero attached hydrogens (tertiary/aromatic N) is 2. The van der Waals surface area contributed by atoms with Gasteiger partial charge in [0.25, 0.3) is 0 Å². The lowest BCUT2D eigenvalue weighted by Gasteiger charge is -2.31. The van der Waals surface area contributed by atoms with Gasteiger partial charge >= 0.3 is 5.97 Å². The first kappa shape index (κ1) is 15.8. The van der Waals surface area contributed by atoms with E-state index in [0.717, 1.165) is 5.56 Å². The van der Waals surface area contributed by atoms with Gasteiger partial charge in [-0.1, -0.05) is 23.7 Å². The maximum Gasteiger partial charge on any atom is 0.308 e. The van der Waals surface area contributed by atoms with Crippen molar-refractivity contribution >= 4 is 23.5 Å². The van der Waals surface area contributed by atoms with E-state index < -0.39 is 11.9 Å². The number of hydrogen-bond donors (Lipinski definition) is 1. The number of carbonyl (C=O) groups excluding carboxylic acids is 1. The molecule has 1 fully saturated rings. The second-order valence-electron chi connectivity index (χ2n) is 5.61. The van der Waals surface area contributed by atoms with Crippen LogP contribution in [0.4, 0.5) is 0 Å². The zero-order chi connectivity index (χ0) is 15.6. The number of likely N-dealkylation sites (tertiary alicyclic amines) is 1. The van der Waals surface area contributed by atoms with Gasteiger partial charge in [-0.2, -0.15) is 0 Å². The molecule has 1 aromatic rings. The Kier molecular flexibility index (Phi) is 4.85. The lowest BCUT2D eigenvalue weighted by molar-refractivity contribution is -0.141. The van der Waals surface area contributed by atoms with Crippen LogP contribution in [0.5, 0.6) is 0 Å². The third kappa shape index (κ3) is 3.74. The van der Waals surface area contributed by atoms with Crippen LogP contribution in [0.15, 0.2) is 24.3 Å². The molecule has 1 amide bonds. The van der Waals surface area contributed by atoms with Crippen molar-refractivity contribution in [2.75, 3.05) is 27.2 Å². The van der Waals surface area contributed by atoms with E-state index in [1.165, 1.54) is 0 Å². The van der Waals surface area contributed by atoms with Crippen LogP contribution in [0.3, 0.4) is 0 Å². The van der Waals surface area contributed by atoms with Crippen molar-refractivity contribution in [2.45, 2.75) is 12.5 Å². The van der Waals surface area contributed by atoms with Gasteiger partial charge in [-0.25, -0.2) is 0 Å². The fourth-order valence-electron chi connectivity index (χ4n) is 2.61. The third-order valence-corrected chi connectivity index (χ3v) is 3.93. The zero-order valence-electron chi connectivity index (χ0n) is 12.1. The minimum Gasteiger partial charge on any atom is -0.481 e. The van der Waals surface area contributed by atoms with Gasteiger partial charge in [-0.3, -0.25) is 9.59 Å².